The van der Waals surface area contributed by atoms with Crippen LogP contribution in [0.4, 0.5) is 0 Å². The molecular weight excluding hydrogens is 279 g/mol. The second kappa shape index (κ2) is 12.5. The predicted molar refractivity (Wildman–Crippen MR) is 66.6 cm³/mol. The number of quaternary nitrogens is 2. The third kappa shape index (κ3) is 17.5. The monoisotopic (exact) mass is 304 g/mol. The number of phosphoric ester groups is 1. The van der Waals surface area contributed by atoms with Gasteiger partial charge >= 0.3 is 5.97 Å². The van der Waals surface area contributed by atoms with E-state index in [-0.39, 0.29) is 25.3 Å². The largest absolute Gasteiger partial charge is 0.790 e. The zero-order valence-electron chi connectivity index (χ0n) is 11.7. The molecule has 19 heavy (non-hydrogen) atoms. The van der Waals surface area contributed by atoms with Crippen LogP contribution in [0.3, 0.4) is 0 Å². The molecule has 1 atom stereocenters. The maximum atomic E-state index is 11.1. The number of hydrogen-bond acceptors (Lipinski definition) is 7. The van der Waals surface area contributed by atoms with E-state index in [1.165, 1.54) is 0 Å². The predicted octanol–water partition coefficient (Wildman–Crippen LogP) is 0.0685. The zero-order valence-corrected chi connectivity index (χ0v) is 12.6. The van der Waals surface area contributed by atoms with Crippen molar-refractivity contribution < 1.29 is 33.5 Å². The highest BCUT2D eigenvalue weighted by Gasteiger charge is 2.09. The van der Waals surface area contributed by atoms with Crippen LogP contribution >= 0.6 is 7.82 Å². The standard InChI is InChI=1S/C9H19O7P.2H3N/c1-2-3-4-5-9(11)15-6-8(10)7-16-17(12,13)14;;/h8,10H,2-7H2,1H3,(H2,12,13,14);2*1H3. The fourth-order valence-electron chi connectivity index (χ4n) is 1.01. The van der Waals surface area contributed by atoms with Gasteiger partial charge in [-0.1, -0.05) is 19.8 Å². The molecule has 9 N–H and O–H groups in total. The SMILES string of the molecule is CCCCCC(=O)OCC(O)COP(=O)([O-])[O-].[NH4+].[NH4+]. The van der Waals surface area contributed by atoms with Gasteiger partial charge in [-0.05, 0) is 6.42 Å². The van der Waals surface area contributed by atoms with Gasteiger partial charge in [0, 0.05) is 6.42 Å². The molecule has 118 valence electrons. The number of rotatable bonds is 9. The van der Waals surface area contributed by atoms with E-state index in [1.54, 1.807) is 0 Å². The fourth-order valence-corrected chi connectivity index (χ4v) is 1.36. The van der Waals surface area contributed by atoms with Crippen molar-refractivity contribution in [1.29, 1.82) is 0 Å². The maximum absolute atomic E-state index is 11.1. The van der Waals surface area contributed by atoms with Crippen molar-refractivity contribution in [2.75, 3.05) is 13.2 Å². The number of esters is 1. The molecule has 0 radical (unpaired) electrons. The van der Waals surface area contributed by atoms with Crippen LogP contribution < -0.4 is 22.1 Å². The molecule has 0 aromatic heterocycles. The van der Waals surface area contributed by atoms with Crippen molar-refractivity contribution in [3.05, 3.63) is 0 Å². The second-order valence-electron chi connectivity index (χ2n) is 3.54. The molecule has 9 nitrogen and oxygen atoms in total. The Morgan fingerprint density at radius 1 is 1.26 bits per heavy atom. The molecule has 1 unspecified atom stereocenters. The highest BCUT2D eigenvalue weighted by Crippen LogP contribution is 2.24. The van der Waals surface area contributed by atoms with E-state index in [9.17, 15) is 19.1 Å². The molecule has 0 aliphatic heterocycles. The van der Waals surface area contributed by atoms with Gasteiger partial charge in [0.15, 0.2) is 0 Å². The molecule has 0 bridgehead atoms. The topological polar surface area (TPSA) is 192 Å². The van der Waals surface area contributed by atoms with Crippen molar-refractivity contribution in [3.63, 3.8) is 0 Å². The normalized spacial score (nSPS) is 12.0. The summed E-state index contributed by atoms with van der Waals surface area (Å²) >= 11 is 0. The zero-order chi connectivity index (χ0) is 13.3. The summed E-state index contributed by atoms with van der Waals surface area (Å²) in [5.74, 6) is -0.468. The summed E-state index contributed by atoms with van der Waals surface area (Å²) in [4.78, 5) is 31.2. The number of carbonyl (C=O) groups excluding carboxylic acids is 1. The molecule has 0 aliphatic rings. The van der Waals surface area contributed by atoms with Crippen LogP contribution in [0, 0.1) is 0 Å². The quantitative estimate of drug-likeness (QED) is 0.304. The number of phosphoric acid groups is 1. The van der Waals surface area contributed by atoms with Gasteiger partial charge in [-0.15, -0.1) is 0 Å². The van der Waals surface area contributed by atoms with E-state index in [1.807, 2.05) is 6.92 Å². The molecule has 0 aromatic rings. The third-order valence-corrected chi connectivity index (χ3v) is 2.31. The first-order valence-electron chi connectivity index (χ1n) is 5.35. The summed E-state index contributed by atoms with van der Waals surface area (Å²) in [6.07, 6.45) is 1.53. The van der Waals surface area contributed by atoms with Gasteiger partial charge in [0.1, 0.15) is 12.7 Å². The lowest BCUT2D eigenvalue weighted by molar-refractivity contribution is -0.342. The first kappa shape index (κ1) is 23.5. The molecule has 0 saturated heterocycles. The summed E-state index contributed by atoms with van der Waals surface area (Å²) in [6.45, 7) is 0.911. The molecule has 0 amide bonds. The van der Waals surface area contributed by atoms with Gasteiger partial charge < -0.3 is 41.0 Å². The first-order valence-corrected chi connectivity index (χ1v) is 6.81. The van der Waals surface area contributed by atoms with Crippen molar-refractivity contribution in [2.24, 2.45) is 0 Å². The molecule has 0 aliphatic carbocycles. The molecule has 0 heterocycles. The minimum atomic E-state index is -5.09. The maximum Gasteiger partial charge on any atom is 0.305 e. The Morgan fingerprint density at radius 2 is 1.84 bits per heavy atom. The summed E-state index contributed by atoms with van der Waals surface area (Å²) in [5, 5.41) is 9.13. The Kier molecular flexibility index (Phi) is 15.5. The molecule has 0 saturated carbocycles. The van der Waals surface area contributed by atoms with Gasteiger partial charge in [0.2, 0.25) is 0 Å². The van der Waals surface area contributed by atoms with E-state index >= 15 is 0 Å². The van der Waals surface area contributed by atoms with Gasteiger partial charge in [-0.2, -0.15) is 0 Å². The number of carbonyl (C=O) groups is 1. The van der Waals surface area contributed by atoms with Crippen LogP contribution in [0.5, 0.6) is 0 Å². The van der Waals surface area contributed by atoms with Crippen LogP contribution in [0.25, 0.3) is 0 Å². The second-order valence-corrected chi connectivity index (χ2v) is 4.69. The molecule has 0 aromatic carbocycles. The fraction of sp³-hybridized carbons (Fsp3) is 0.889. The molecule has 0 fully saturated rings. The highest BCUT2D eigenvalue weighted by atomic mass is 31.2. The van der Waals surface area contributed by atoms with Crippen LogP contribution in [0.2, 0.25) is 0 Å². The van der Waals surface area contributed by atoms with E-state index in [0.29, 0.717) is 6.42 Å². The summed E-state index contributed by atoms with van der Waals surface area (Å²) in [5.41, 5.74) is 0. The van der Waals surface area contributed by atoms with E-state index in [0.717, 1.165) is 12.8 Å². The Balaban J connectivity index is -0.00000128. The third-order valence-electron chi connectivity index (χ3n) is 1.85. The van der Waals surface area contributed by atoms with Crippen LogP contribution in [0.1, 0.15) is 32.6 Å². The minimum Gasteiger partial charge on any atom is -0.790 e. The van der Waals surface area contributed by atoms with E-state index < -0.39 is 26.5 Å². The van der Waals surface area contributed by atoms with Gasteiger partial charge in [-0.25, -0.2) is 0 Å². The summed E-state index contributed by atoms with van der Waals surface area (Å²) < 4.78 is 18.6. The lowest BCUT2D eigenvalue weighted by atomic mass is 10.2. The Morgan fingerprint density at radius 3 is 2.32 bits per heavy atom. The molecule has 0 spiro atoms. The van der Waals surface area contributed by atoms with Gasteiger partial charge in [0.05, 0.1) is 14.4 Å². The summed E-state index contributed by atoms with van der Waals surface area (Å²) in [6, 6.07) is 0. The molecular formula is C9H25N2O7P. The highest BCUT2D eigenvalue weighted by molar-refractivity contribution is 7.43. The number of ether oxygens (including phenoxy) is 1. The number of unbranched alkanes of at least 4 members (excludes halogenated alkanes) is 2. The minimum absolute atomic E-state index is 0. The smallest absolute Gasteiger partial charge is 0.305 e. The number of aliphatic hydroxyl groups excluding tert-OH is 1. The van der Waals surface area contributed by atoms with Crippen molar-refractivity contribution >= 4 is 13.8 Å². The van der Waals surface area contributed by atoms with Crippen molar-refractivity contribution in [1.82, 2.24) is 12.3 Å². The van der Waals surface area contributed by atoms with Crippen LogP contribution in [-0.4, -0.2) is 30.4 Å². The van der Waals surface area contributed by atoms with Gasteiger partial charge in [0.25, 0.3) is 0 Å². The van der Waals surface area contributed by atoms with Crippen molar-refractivity contribution in [3.8, 4) is 0 Å². The Labute approximate surface area is 112 Å². The van der Waals surface area contributed by atoms with Crippen LogP contribution in [0.15, 0.2) is 0 Å². The first-order chi connectivity index (χ1) is 7.85. The van der Waals surface area contributed by atoms with Crippen molar-refractivity contribution in [2.45, 2.75) is 38.7 Å². The average molecular weight is 304 g/mol. The molecule has 0 rings (SSSR count). The summed E-state index contributed by atoms with van der Waals surface area (Å²) in [7, 11) is -5.09. The van der Waals surface area contributed by atoms with E-state index in [2.05, 4.69) is 9.26 Å². The Hall–Kier alpha value is -0.540. The average Bonchev–Trinajstić information content (AvgIpc) is 2.23. The molecule has 10 heteroatoms. The lowest BCUT2D eigenvalue weighted by Gasteiger charge is -2.29. The number of hydrogen-bond donors (Lipinski definition) is 3. The Bertz CT molecular complexity index is 271. The lowest BCUT2D eigenvalue weighted by Crippen LogP contribution is -2.26. The number of aliphatic hydroxyl groups is 1. The van der Waals surface area contributed by atoms with Crippen LogP contribution in [-0.2, 0) is 18.6 Å². The van der Waals surface area contributed by atoms with Gasteiger partial charge in [-0.3, -0.25) is 4.79 Å². The van der Waals surface area contributed by atoms with E-state index in [4.69, 9.17) is 5.11 Å².